The van der Waals surface area contributed by atoms with Crippen LogP contribution in [0.15, 0.2) is 30.3 Å². The van der Waals surface area contributed by atoms with Crippen LogP contribution in [-0.4, -0.2) is 44.4 Å². The van der Waals surface area contributed by atoms with Crippen LogP contribution in [-0.2, 0) is 4.74 Å². The summed E-state index contributed by atoms with van der Waals surface area (Å²) in [4.78, 5) is 2.43. The zero-order valence-corrected chi connectivity index (χ0v) is 11.1. The van der Waals surface area contributed by atoms with Crippen LogP contribution in [0.3, 0.4) is 0 Å². The second-order valence-electron chi connectivity index (χ2n) is 4.49. The van der Waals surface area contributed by atoms with Gasteiger partial charge >= 0.3 is 0 Å². The van der Waals surface area contributed by atoms with Crippen LogP contribution >= 0.6 is 0 Å². The van der Waals surface area contributed by atoms with Crippen molar-refractivity contribution < 1.29 is 9.47 Å². The third-order valence-corrected chi connectivity index (χ3v) is 3.31. The summed E-state index contributed by atoms with van der Waals surface area (Å²) >= 11 is 0. The molecule has 1 heterocycles. The van der Waals surface area contributed by atoms with Crippen LogP contribution in [0, 0.1) is 0 Å². The molecule has 1 aromatic rings. The summed E-state index contributed by atoms with van der Waals surface area (Å²) in [7, 11) is 1.71. The molecule has 1 aliphatic rings. The van der Waals surface area contributed by atoms with Crippen molar-refractivity contribution in [1.82, 2.24) is 4.90 Å². The van der Waals surface area contributed by atoms with E-state index in [2.05, 4.69) is 30.0 Å². The fourth-order valence-corrected chi connectivity index (χ4v) is 2.15. The molecule has 0 amide bonds. The second-order valence-corrected chi connectivity index (χ2v) is 4.49. The van der Waals surface area contributed by atoms with E-state index in [1.807, 2.05) is 18.2 Å². The molecule has 0 spiro atoms. The molecule has 0 saturated carbocycles. The predicted molar refractivity (Wildman–Crippen MR) is 73.9 cm³/mol. The fourth-order valence-electron chi connectivity index (χ4n) is 2.15. The Hall–Kier alpha value is -1.32. The minimum absolute atomic E-state index is 0.429. The van der Waals surface area contributed by atoms with E-state index in [1.54, 1.807) is 7.11 Å². The Morgan fingerprint density at radius 2 is 2.00 bits per heavy atom. The highest BCUT2D eigenvalue weighted by Crippen LogP contribution is 2.19. The smallest absolute Gasteiger partial charge is 0.126 e. The van der Waals surface area contributed by atoms with E-state index in [1.165, 1.54) is 0 Å². The molecule has 0 N–H and O–H groups in total. The highest BCUT2D eigenvalue weighted by molar-refractivity contribution is 5.57. The second kappa shape index (κ2) is 6.57. The number of methoxy groups -OCH3 is 1. The standard InChI is InChI=1S/C15H21NO2/c1-13(16-9-11-18-12-10-16)7-8-14-5-3-4-6-15(14)17-2/h3-8,13H,9-12H2,1-2H3/b8-7+. The Kier molecular flexibility index (Phi) is 4.79. The van der Waals surface area contributed by atoms with E-state index >= 15 is 0 Å². The van der Waals surface area contributed by atoms with Gasteiger partial charge in [0, 0.05) is 24.7 Å². The number of hydrogen-bond acceptors (Lipinski definition) is 3. The van der Waals surface area contributed by atoms with Crippen LogP contribution in [0.5, 0.6) is 5.75 Å². The van der Waals surface area contributed by atoms with Crippen molar-refractivity contribution in [3.05, 3.63) is 35.9 Å². The summed E-state index contributed by atoms with van der Waals surface area (Å²) in [6, 6.07) is 8.50. The molecule has 1 atom stereocenters. The number of hydrogen-bond donors (Lipinski definition) is 0. The van der Waals surface area contributed by atoms with Crippen molar-refractivity contribution in [2.45, 2.75) is 13.0 Å². The Balaban J connectivity index is 2.00. The van der Waals surface area contributed by atoms with Crippen molar-refractivity contribution in [3.63, 3.8) is 0 Å². The molecule has 1 aromatic carbocycles. The molecule has 1 unspecified atom stereocenters. The molecule has 2 rings (SSSR count). The number of nitrogens with zero attached hydrogens (tertiary/aromatic N) is 1. The number of rotatable bonds is 4. The van der Waals surface area contributed by atoms with Crippen LogP contribution in [0.1, 0.15) is 12.5 Å². The Morgan fingerprint density at radius 1 is 1.28 bits per heavy atom. The van der Waals surface area contributed by atoms with Gasteiger partial charge in [-0.1, -0.05) is 30.4 Å². The summed E-state index contributed by atoms with van der Waals surface area (Å²) in [5.41, 5.74) is 1.13. The third-order valence-electron chi connectivity index (χ3n) is 3.31. The van der Waals surface area contributed by atoms with Crippen LogP contribution in [0.4, 0.5) is 0 Å². The first-order chi connectivity index (χ1) is 8.81. The van der Waals surface area contributed by atoms with Gasteiger partial charge in [0.05, 0.1) is 20.3 Å². The van der Waals surface area contributed by atoms with Crippen molar-refractivity contribution >= 4 is 6.08 Å². The van der Waals surface area contributed by atoms with E-state index in [-0.39, 0.29) is 0 Å². The van der Waals surface area contributed by atoms with Gasteiger partial charge in [0.2, 0.25) is 0 Å². The molecule has 3 nitrogen and oxygen atoms in total. The van der Waals surface area contributed by atoms with Gasteiger partial charge < -0.3 is 9.47 Å². The van der Waals surface area contributed by atoms with E-state index in [0.29, 0.717) is 6.04 Å². The summed E-state index contributed by atoms with van der Waals surface area (Å²) < 4.78 is 10.7. The van der Waals surface area contributed by atoms with Gasteiger partial charge in [0.25, 0.3) is 0 Å². The molecule has 1 saturated heterocycles. The first-order valence-corrected chi connectivity index (χ1v) is 6.44. The average Bonchev–Trinajstić information content (AvgIpc) is 2.46. The van der Waals surface area contributed by atoms with Gasteiger partial charge in [-0.2, -0.15) is 0 Å². The van der Waals surface area contributed by atoms with Gasteiger partial charge in [-0.3, -0.25) is 4.90 Å². The molecule has 3 heteroatoms. The first-order valence-electron chi connectivity index (χ1n) is 6.44. The zero-order chi connectivity index (χ0) is 12.8. The zero-order valence-electron chi connectivity index (χ0n) is 11.1. The summed E-state index contributed by atoms with van der Waals surface area (Å²) in [6.07, 6.45) is 4.36. The van der Waals surface area contributed by atoms with Crippen molar-refractivity contribution in [2.75, 3.05) is 33.4 Å². The Morgan fingerprint density at radius 3 is 2.72 bits per heavy atom. The molecule has 18 heavy (non-hydrogen) atoms. The van der Waals surface area contributed by atoms with Gasteiger partial charge in [-0.05, 0) is 13.0 Å². The van der Waals surface area contributed by atoms with Crippen molar-refractivity contribution in [2.24, 2.45) is 0 Å². The van der Waals surface area contributed by atoms with Gasteiger partial charge in [0.15, 0.2) is 0 Å². The monoisotopic (exact) mass is 247 g/mol. The molecule has 0 aromatic heterocycles. The molecule has 0 radical (unpaired) electrons. The minimum atomic E-state index is 0.429. The number of ether oxygens (including phenoxy) is 2. The number of para-hydroxylation sites is 1. The number of morpholine rings is 1. The summed E-state index contributed by atoms with van der Waals surface area (Å²) in [5.74, 6) is 0.919. The average molecular weight is 247 g/mol. The normalized spacial score (nSPS) is 19.0. The maximum absolute atomic E-state index is 5.36. The molecule has 0 aliphatic carbocycles. The van der Waals surface area contributed by atoms with Gasteiger partial charge in [-0.15, -0.1) is 0 Å². The van der Waals surface area contributed by atoms with Crippen LogP contribution < -0.4 is 4.74 Å². The molecule has 98 valence electrons. The van der Waals surface area contributed by atoms with E-state index in [4.69, 9.17) is 9.47 Å². The topological polar surface area (TPSA) is 21.7 Å². The lowest BCUT2D eigenvalue weighted by Gasteiger charge is -2.30. The highest BCUT2D eigenvalue weighted by atomic mass is 16.5. The lowest BCUT2D eigenvalue weighted by atomic mass is 10.1. The molecule has 1 fully saturated rings. The van der Waals surface area contributed by atoms with E-state index in [0.717, 1.165) is 37.6 Å². The van der Waals surface area contributed by atoms with E-state index in [9.17, 15) is 0 Å². The SMILES string of the molecule is COc1ccccc1/C=C/C(C)N1CCOCC1. The lowest BCUT2D eigenvalue weighted by molar-refractivity contribution is 0.0288. The maximum Gasteiger partial charge on any atom is 0.126 e. The lowest BCUT2D eigenvalue weighted by Crippen LogP contribution is -2.41. The first kappa shape index (κ1) is 13.1. The highest BCUT2D eigenvalue weighted by Gasteiger charge is 2.14. The minimum Gasteiger partial charge on any atom is -0.496 e. The third kappa shape index (κ3) is 3.34. The van der Waals surface area contributed by atoms with Crippen LogP contribution in [0.25, 0.3) is 6.08 Å². The van der Waals surface area contributed by atoms with E-state index < -0.39 is 0 Å². The van der Waals surface area contributed by atoms with Gasteiger partial charge in [-0.25, -0.2) is 0 Å². The Bertz CT molecular complexity index is 397. The summed E-state index contributed by atoms with van der Waals surface area (Å²) in [5, 5.41) is 0. The van der Waals surface area contributed by atoms with Crippen molar-refractivity contribution in [3.8, 4) is 5.75 Å². The quantitative estimate of drug-likeness (QED) is 0.815. The largest absolute Gasteiger partial charge is 0.496 e. The molecular weight excluding hydrogens is 226 g/mol. The van der Waals surface area contributed by atoms with Crippen LogP contribution in [0.2, 0.25) is 0 Å². The van der Waals surface area contributed by atoms with Gasteiger partial charge in [0.1, 0.15) is 5.75 Å². The predicted octanol–water partition coefficient (Wildman–Crippen LogP) is 2.43. The number of benzene rings is 1. The maximum atomic E-state index is 5.36. The molecule has 1 aliphatic heterocycles. The van der Waals surface area contributed by atoms with Crippen molar-refractivity contribution in [1.29, 1.82) is 0 Å². The summed E-state index contributed by atoms with van der Waals surface area (Å²) in [6.45, 7) is 5.92. The molecule has 0 bridgehead atoms. The Labute approximate surface area is 109 Å². The fraction of sp³-hybridized carbons (Fsp3) is 0.467. The molecular formula is C15H21NO2.